The van der Waals surface area contributed by atoms with Crippen LogP contribution in [0.25, 0.3) is 0 Å². The molecule has 2 N–H and O–H groups in total. The summed E-state index contributed by atoms with van der Waals surface area (Å²) in [6.07, 6.45) is -3.35. The number of hydrogen-bond acceptors (Lipinski definition) is 2. The molecular weight excluding hydrogens is 195 g/mol. The van der Waals surface area contributed by atoms with E-state index in [-0.39, 0.29) is 12.3 Å². The van der Waals surface area contributed by atoms with Crippen LogP contribution in [0.15, 0.2) is 0 Å². The van der Waals surface area contributed by atoms with Crippen molar-refractivity contribution in [2.75, 3.05) is 13.1 Å². The van der Waals surface area contributed by atoms with Gasteiger partial charge in [0.2, 0.25) is 0 Å². The van der Waals surface area contributed by atoms with Crippen LogP contribution in [0.4, 0.5) is 13.2 Å². The van der Waals surface area contributed by atoms with Crippen molar-refractivity contribution in [2.24, 2.45) is 11.8 Å². The fraction of sp³-hybridized carbons (Fsp3) is 1.00. The van der Waals surface area contributed by atoms with Crippen molar-refractivity contribution >= 4 is 0 Å². The summed E-state index contributed by atoms with van der Waals surface area (Å²) in [4.78, 5) is 0. The second kappa shape index (κ2) is 3.10. The molecule has 1 heterocycles. The highest BCUT2D eigenvalue weighted by Gasteiger charge is 2.61. The third-order valence-corrected chi connectivity index (χ3v) is 3.58. The topological polar surface area (TPSA) is 32.3 Å². The molecule has 0 bridgehead atoms. The van der Waals surface area contributed by atoms with Crippen LogP contribution in [0.3, 0.4) is 0 Å². The Morgan fingerprint density at radius 2 is 2.00 bits per heavy atom. The first-order valence-corrected chi connectivity index (χ1v) is 4.95. The van der Waals surface area contributed by atoms with E-state index >= 15 is 0 Å². The monoisotopic (exact) mass is 209 g/mol. The molecule has 0 aromatic carbocycles. The Hall–Kier alpha value is -0.290. The van der Waals surface area contributed by atoms with Gasteiger partial charge in [0, 0.05) is 12.5 Å². The maximum absolute atomic E-state index is 12.7. The summed E-state index contributed by atoms with van der Waals surface area (Å²) in [7, 11) is 0. The van der Waals surface area contributed by atoms with E-state index in [9.17, 15) is 18.3 Å². The van der Waals surface area contributed by atoms with Crippen molar-refractivity contribution in [3.63, 3.8) is 0 Å². The van der Waals surface area contributed by atoms with Gasteiger partial charge in [0.25, 0.3) is 0 Å². The molecule has 1 saturated heterocycles. The highest BCUT2D eigenvalue weighted by molar-refractivity contribution is 5.03. The second-order valence-electron chi connectivity index (χ2n) is 4.34. The number of rotatable bonds is 0. The third-order valence-electron chi connectivity index (χ3n) is 3.58. The maximum Gasteiger partial charge on any atom is 0.417 e. The van der Waals surface area contributed by atoms with E-state index in [0.717, 1.165) is 6.42 Å². The van der Waals surface area contributed by atoms with Gasteiger partial charge in [-0.05, 0) is 31.7 Å². The molecule has 0 aromatic heterocycles. The average molecular weight is 209 g/mol. The highest BCUT2D eigenvalue weighted by atomic mass is 19.4. The predicted molar refractivity (Wildman–Crippen MR) is 44.7 cm³/mol. The minimum atomic E-state index is -4.48. The van der Waals surface area contributed by atoms with Crippen molar-refractivity contribution in [1.29, 1.82) is 0 Å². The zero-order chi connectivity index (χ0) is 10.4. The lowest BCUT2D eigenvalue weighted by atomic mass is 9.70. The number of hydrogen-bond donors (Lipinski definition) is 2. The number of fused-ring (bicyclic) bond motifs is 1. The number of alkyl halides is 3. The quantitative estimate of drug-likeness (QED) is 0.630. The lowest BCUT2D eigenvalue weighted by molar-refractivity contribution is -0.290. The molecule has 14 heavy (non-hydrogen) atoms. The van der Waals surface area contributed by atoms with E-state index in [0.29, 0.717) is 19.5 Å². The summed E-state index contributed by atoms with van der Waals surface area (Å²) in [6, 6.07) is 0. The lowest BCUT2D eigenvalue weighted by Crippen LogP contribution is -2.55. The van der Waals surface area contributed by atoms with E-state index in [1.807, 2.05) is 0 Å². The van der Waals surface area contributed by atoms with E-state index in [1.165, 1.54) is 0 Å². The average Bonchev–Trinajstić information content (AvgIpc) is 2.51. The molecule has 0 radical (unpaired) electrons. The van der Waals surface area contributed by atoms with Crippen LogP contribution in [0.2, 0.25) is 0 Å². The summed E-state index contributed by atoms with van der Waals surface area (Å²) in [5, 5.41) is 12.6. The maximum atomic E-state index is 12.7. The van der Waals surface area contributed by atoms with E-state index in [1.54, 1.807) is 0 Å². The van der Waals surface area contributed by atoms with Crippen LogP contribution in [0, 0.1) is 11.8 Å². The first kappa shape index (κ1) is 10.2. The molecule has 1 aliphatic heterocycles. The molecule has 1 aliphatic carbocycles. The number of aliphatic hydroxyl groups is 1. The van der Waals surface area contributed by atoms with Crippen LogP contribution in [0.5, 0.6) is 0 Å². The standard InChI is InChI=1S/C9H14F3NO/c10-9(11,12)8(14)3-1-2-6-4-13-5-7(6)8/h6-7,13-14H,1-5H2. The smallest absolute Gasteiger partial charge is 0.380 e. The van der Waals surface area contributed by atoms with Crippen molar-refractivity contribution in [1.82, 2.24) is 5.32 Å². The molecule has 82 valence electrons. The first-order chi connectivity index (χ1) is 6.45. The SMILES string of the molecule is OC1(C(F)(F)F)CCCC2CNCC21. The van der Waals surface area contributed by atoms with Gasteiger partial charge in [-0.3, -0.25) is 0 Å². The Bertz CT molecular complexity index is 231. The molecule has 3 atom stereocenters. The van der Waals surface area contributed by atoms with E-state index in [2.05, 4.69) is 5.32 Å². The molecule has 0 spiro atoms. The van der Waals surface area contributed by atoms with Gasteiger partial charge in [0.1, 0.15) is 0 Å². The van der Waals surface area contributed by atoms with Gasteiger partial charge in [0.05, 0.1) is 0 Å². The zero-order valence-electron chi connectivity index (χ0n) is 7.77. The van der Waals surface area contributed by atoms with Gasteiger partial charge in [-0.2, -0.15) is 13.2 Å². The van der Waals surface area contributed by atoms with Crippen LogP contribution in [0.1, 0.15) is 19.3 Å². The fourth-order valence-corrected chi connectivity index (χ4v) is 2.77. The van der Waals surface area contributed by atoms with E-state index < -0.39 is 17.7 Å². The normalized spacial score (nSPS) is 43.7. The summed E-state index contributed by atoms with van der Waals surface area (Å²) >= 11 is 0. The Labute approximate surface area is 80.5 Å². The molecule has 5 heteroatoms. The van der Waals surface area contributed by atoms with Gasteiger partial charge in [-0.15, -0.1) is 0 Å². The zero-order valence-corrected chi connectivity index (χ0v) is 7.77. The highest BCUT2D eigenvalue weighted by Crippen LogP contribution is 2.48. The van der Waals surface area contributed by atoms with Gasteiger partial charge < -0.3 is 10.4 Å². The first-order valence-electron chi connectivity index (χ1n) is 4.95. The fourth-order valence-electron chi connectivity index (χ4n) is 2.77. The van der Waals surface area contributed by atoms with Crippen LogP contribution < -0.4 is 5.32 Å². The summed E-state index contributed by atoms with van der Waals surface area (Å²) in [5.41, 5.74) is -2.45. The van der Waals surface area contributed by atoms with Gasteiger partial charge in [-0.1, -0.05) is 0 Å². The van der Waals surface area contributed by atoms with Crippen LogP contribution in [-0.2, 0) is 0 Å². The lowest BCUT2D eigenvalue weighted by Gasteiger charge is -2.42. The molecule has 3 unspecified atom stereocenters. The molecule has 2 fully saturated rings. The summed E-state index contributed by atoms with van der Waals surface area (Å²) in [5.74, 6) is -0.647. The van der Waals surface area contributed by atoms with Crippen molar-refractivity contribution in [3.8, 4) is 0 Å². The van der Waals surface area contributed by atoms with Crippen LogP contribution in [-0.4, -0.2) is 30.0 Å². The Kier molecular flexibility index (Phi) is 2.27. The third kappa shape index (κ3) is 1.34. The Balaban J connectivity index is 2.25. The van der Waals surface area contributed by atoms with Gasteiger partial charge in [0.15, 0.2) is 5.60 Å². The molecule has 2 aliphatic rings. The Morgan fingerprint density at radius 3 is 2.64 bits per heavy atom. The Morgan fingerprint density at radius 1 is 1.29 bits per heavy atom. The summed E-state index contributed by atoms with van der Waals surface area (Å²) < 4.78 is 38.1. The molecule has 2 nitrogen and oxygen atoms in total. The minimum Gasteiger partial charge on any atom is -0.380 e. The minimum absolute atomic E-state index is 0.00428. The van der Waals surface area contributed by atoms with Gasteiger partial charge in [-0.25, -0.2) is 0 Å². The molecule has 2 rings (SSSR count). The largest absolute Gasteiger partial charge is 0.417 e. The number of nitrogens with one attached hydrogen (secondary N) is 1. The predicted octanol–water partition coefficient (Wildman–Crippen LogP) is 1.30. The summed E-state index contributed by atoms with van der Waals surface area (Å²) in [6.45, 7) is 0.906. The molecular formula is C9H14F3NO. The second-order valence-corrected chi connectivity index (χ2v) is 4.34. The number of halogens is 3. The van der Waals surface area contributed by atoms with Gasteiger partial charge >= 0.3 is 6.18 Å². The van der Waals surface area contributed by atoms with Crippen LogP contribution >= 0.6 is 0 Å². The van der Waals surface area contributed by atoms with E-state index in [4.69, 9.17) is 0 Å². The van der Waals surface area contributed by atoms with Crippen molar-refractivity contribution in [2.45, 2.75) is 31.0 Å². The molecule has 1 saturated carbocycles. The van der Waals surface area contributed by atoms with Crippen molar-refractivity contribution in [3.05, 3.63) is 0 Å². The molecule has 0 aromatic rings. The van der Waals surface area contributed by atoms with Crippen molar-refractivity contribution < 1.29 is 18.3 Å². The molecule has 0 amide bonds.